The topological polar surface area (TPSA) is 53.2 Å². The maximum atomic E-state index is 9.99. The third-order valence-electron chi connectivity index (χ3n) is 2.66. The summed E-state index contributed by atoms with van der Waals surface area (Å²) in [5, 5.41) is 19.5. The summed E-state index contributed by atoms with van der Waals surface area (Å²) in [6.07, 6.45) is -0.760. The fourth-order valence-corrected chi connectivity index (χ4v) is 1.76. The van der Waals surface area contributed by atoms with Crippen LogP contribution >= 0.6 is 11.6 Å². The van der Waals surface area contributed by atoms with Crippen LogP contribution in [0.3, 0.4) is 0 Å². The molecule has 2 aromatic rings. The summed E-state index contributed by atoms with van der Waals surface area (Å²) in [6, 6.07) is 15.9. The Morgan fingerprint density at radius 1 is 1.16 bits per heavy atom. The van der Waals surface area contributed by atoms with E-state index in [9.17, 15) is 5.11 Å². The number of aliphatic hydroxyl groups excluding tert-OH is 1. The van der Waals surface area contributed by atoms with E-state index in [-0.39, 0.29) is 6.61 Å². The van der Waals surface area contributed by atoms with Crippen molar-refractivity contribution in [1.29, 1.82) is 5.26 Å². The molecule has 19 heavy (non-hydrogen) atoms. The number of rotatable bonds is 4. The Labute approximate surface area is 116 Å². The Morgan fingerprint density at radius 2 is 1.84 bits per heavy atom. The molecule has 0 aliphatic carbocycles. The second-order valence-electron chi connectivity index (χ2n) is 3.99. The lowest BCUT2D eigenvalue weighted by Gasteiger charge is -2.13. The number of hydrogen-bond acceptors (Lipinski definition) is 3. The Morgan fingerprint density at radius 3 is 2.53 bits per heavy atom. The van der Waals surface area contributed by atoms with Gasteiger partial charge in [0.25, 0.3) is 0 Å². The predicted molar refractivity (Wildman–Crippen MR) is 73.1 cm³/mol. The summed E-state index contributed by atoms with van der Waals surface area (Å²) in [5.41, 5.74) is 1.17. The Bertz CT molecular complexity index is 590. The molecule has 0 saturated carbocycles. The number of nitriles is 1. The summed E-state index contributed by atoms with van der Waals surface area (Å²) in [7, 11) is 0. The Hall–Kier alpha value is -2.02. The standard InChI is InChI=1S/C15H12ClNO2/c16-13-7-5-11(6-8-13)14(18)10-19-15-4-2-1-3-12(15)9-17/h1-8,14,18H,10H2. The number of para-hydroxylation sites is 1. The highest BCUT2D eigenvalue weighted by molar-refractivity contribution is 6.30. The van der Waals surface area contributed by atoms with Crippen LogP contribution in [0.4, 0.5) is 0 Å². The molecule has 0 amide bonds. The molecule has 0 aromatic heterocycles. The molecule has 0 aliphatic rings. The van der Waals surface area contributed by atoms with Gasteiger partial charge in [0.15, 0.2) is 0 Å². The monoisotopic (exact) mass is 273 g/mol. The van der Waals surface area contributed by atoms with Crippen LogP contribution in [0.5, 0.6) is 5.75 Å². The fourth-order valence-electron chi connectivity index (χ4n) is 1.63. The van der Waals surface area contributed by atoms with Gasteiger partial charge >= 0.3 is 0 Å². The lowest BCUT2D eigenvalue weighted by molar-refractivity contribution is 0.108. The molecule has 96 valence electrons. The molecule has 2 rings (SSSR count). The van der Waals surface area contributed by atoms with Gasteiger partial charge in [0.2, 0.25) is 0 Å². The minimum absolute atomic E-state index is 0.0837. The van der Waals surface area contributed by atoms with E-state index in [1.165, 1.54) is 0 Å². The van der Waals surface area contributed by atoms with Gasteiger partial charge in [-0.25, -0.2) is 0 Å². The maximum absolute atomic E-state index is 9.99. The highest BCUT2D eigenvalue weighted by Crippen LogP contribution is 2.20. The smallest absolute Gasteiger partial charge is 0.137 e. The second-order valence-corrected chi connectivity index (χ2v) is 4.42. The lowest BCUT2D eigenvalue weighted by Crippen LogP contribution is -2.10. The fraction of sp³-hybridized carbons (Fsp3) is 0.133. The van der Waals surface area contributed by atoms with Crippen LogP contribution in [0.1, 0.15) is 17.2 Å². The van der Waals surface area contributed by atoms with Crippen LogP contribution < -0.4 is 4.74 Å². The van der Waals surface area contributed by atoms with E-state index in [0.717, 1.165) is 5.56 Å². The summed E-state index contributed by atoms with van der Waals surface area (Å²) in [5.74, 6) is 0.470. The first-order valence-electron chi connectivity index (χ1n) is 5.76. The van der Waals surface area contributed by atoms with Gasteiger partial charge in [-0.05, 0) is 29.8 Å². The average molecular weight is 274 g/mol. The number of aliphatic hydroxyl groups is 1. The van der Waals surface area contributed by atoms with E-state index in [4.69, 9.17) is 21.6 Å². The number of ether oxygens (including phenoxy) is 1. The molecular formula is C15H12ClNO2. The molecule has 1 N–H and O–H groups in total. The minimum atomic E-state index is -0.760. The van der Waals surface area contributed by atoms with Crippen molar-refractivity contribution in [2.24, 2.45) is 0 Å². The molecule has 0 bridgehead atoms. The molecule has 0 heterocycles. The molecule has 0 fully saturated rings. The highest BCUT2D eigenvalue weighted by Gasteiger charge is 2.10. The first-order chi connectivity index (χ1) is 9.20. The lowest BCUT2D eigenvalue weighted by atomic mass is 10.1. The number of nitrogens with zero attached hydrogens (tertiary/aromatic N) is 1. The van der Waals surface area contributed by atoms with Crippen molar-refractivity contribution in [2.75, 3.05) is 6.61 Å². The summed E-state index contributed by atoms with van der Waals surface area (Å²) >= 11 is 5.78. The zero-order valence-corrected chi connectivity index (χ0v) is 10.8. The average Bonchev–Trinajstić information content (AvgIpc) is 2.45. The van der Waals surface area contributed by atoms with Crippen LogP contribution in [0.25, 0.3) is 0 Å². The van der Waals surface area contributed by atoms with Crippen molar-refractivity contribution in [3.63, 3.8) is 0 Å². The van der Waals surface area contributed by atoms with Gasteiger partial charge in [-0.2, -0.15) is 5.26 Å². The van der Waals surface area contributed by atoms with E-state index in [0.29, 0.717) is 16.3 Å². The maximum Gasteiger partial charge on any atom is 0.137 e. The van der Waals surface area contributed by atoms with Crippen molar-refractivity contribution >= 4 is 11.6 Å². The van der Waals surface area contributed by atoms with Crippen molar-refractivity contribution in [3.8, 4) is 11.8 Å². The van der Waals surface area contributed by atoms with Gasteiger partial charge in [-0.15, -0.1) is 0 Å². The van der Waals surface area contributed by atoms with E-state index in [1.54, 1.807) is 48.5 Å². The van der Waals surface area contributed by atoms with Crippen LogP contribution in [0.15, 0.2) is 48.5 Å². The van der Waals surface area contributed by atoms with Crippen molar-refractivity contribution in [1.82, 2.24) is 0 Å². The molecule has 0 radical (unpaired) electrons. The molecule has 1 atom stereocenters. The predicted octanol–water partition coefficient (Wildman–Crippen LogP) is 3.32. The van der Waals surface area contributed by atoms with E-state index in [1.807, 2.05) is 6.07 Å². The highest BCUT2D eigenvalue weighted by atomic mass is 35.5. The van der Waals surface area contributed by atoms with E-state index in [2.05, 4.69) is 0 Å². The van der Waals surface area contributed by atoms with Crippen molar-refractivity contribution in [3.05, 3.63) is 64.7 Å². The van der Waals surface area contributed by atoms with Gasteiger partial charge in [0, 0.05) is 5.02 Å². The largest absolute Gasteiger partial charge is 0.489 e. The normalized spacial score (nSPS) is 11.6. The first-order valence-corrected chi connectivity index (χ1v) is 6.14. The van der Waals surface area contributed by atoms with Crippen LogP contribution in [-0.4, -0.2) is 11.7 Å². The minimum Gasteiger partial charge on any atom is -0.489 e. The van der Waals surface area contributed by atoms with Crippen molar-refractivity contribution < 1.29 is 9.84 Å². The quantitative estimate of drug-likeness (QED) is 0.930. The summed E-state index contributed by atoms with van der Waals surface area (Å²) in [4.78, 5) is 0. The molecule has 3 nitrogen and oxygen atoms in total. The number of halogens is 1. The van der Waals surface area contributed by atoms with Gasteiger partial charge in [-0.3, -0.25) is 0 Å². The summed E-state index contributed by atoms with van der Waals surface area (Å²) < 4.78 is 5.47. The van der Waals surface area contributed by atoms with Gasteiger partial charge in [0.1, 0.15) is 24.5 Å². The van der Waals surface area contributed by atoms with Gasteiger partial charge in [0.05, 0.1) is 5.56 Å². The van der Waals surface area contributed by atoms with Crippen LogP contribution in [0.2, 0.25) is 5.02 Å². The molecule has 0 saturated heterocycles. The number of benzene rings is 2. The third-order valence-corrected chi connectivity index (χ3v) is 2.91. The third kappa shape index (κ3) is 3.47. The van der Waals surface area contributed by atoms with Crippen molar-refractivity contribution in [2.45, 2.75) is 6.10 Å². The molecule has 4 heteroatoms. The summed E-state index contributed by atoms with van der Waals surface area (Å²) in [6.45, 7) is 0.0837. The SMILES string of the molecule is N#Cc1ccccc1OCC(O)c1ccc(Cl)cc1. The second kappa shape index (κ2) is 6.24. The van der Waals surface area contributed by atoms with E-state index < -0.39 is 6.10 Å². The zero-order valence-electron chi connectivity index (χ0n) is 10.1. The number of hydrogen-bond donors (Lipinski definition) is 1. The molecule has 0 spiro atoms. The van der Waals surface area contributed by atoms with Gasteiger partial charge < -0.3 is 9.84 Å². The van der Waals surface area contributed by atoms with E-state index >= 15 is 0 Å². The Balaban J connectivity index is 2.02. The zero-order chi connectivity index (χ0) is 13.7. The first kappa shape index (κ1) is 13.4. The van der Waals surface area contributed by atoms with Crippen LogP contribution in [-0.2, 0) is 0 Å². The molecular weight excluding hydrogens is 262 g/mol. The van der Waals surface area contributed by atoms with Crippen LogP contribution in [0, 0.1) is 11.3 Å². The van der Waals surface area contributed by atoms with Gasteiger partial charge in [-0.1, -0.05) is 35.9 Å². The molecule has 1 unspecified atom stereocenters. The Kier molecular flexibility index (Phi) is 4.40. The molecule has 0 aliphatic heterocycles. The molecule has 2 aromatic carbocycles.